The third-order valence-corrected chi connectivity index (χ3v) is 5.21. The van der Waals surface area contributed by atoms with Gasteiger partial charge in [0.2, 0.25) is 0 Å². The lowest BCUT2D eigenvalue weighted by atomic mass is 9.96. The molecule has 0 spiro atoms. The van der Waals surface area contributed by atoms with E-state index in [0.717, 1.165) is 28.8 Å². The highest BCUT2D eigenvalue weighted by molar-refractivity contribution is 14.0. The zero-order valence-electron chi connectivity index (χ0n) is 14.8. The van der Waals surface area contributed by atoms with E-state index < -0.39 is 0 Å². The van der Waals surface area contributed by atoms with Crippen LogP contribution in [0, 0.1) is 0 Å². The van der Waals surface area contributed by atoms with Crippen molar-refractivity contribution >= 4 is 51.6 Å². The van der Waals surface area contributed by atoms with Crippen molar-refractivity contribution in [2.45, 2.75) is 18.3 Å². The van der Waals surface area contributed by atoms with E-state index in [-0.39, 0.29) is 29.4 Å². The van der Waals surface area contributed by atoms with Crippen molar-refractivity contribution in [3.63, 3.8) is 0 Å². The second-order valence-corrected chi connectivity index (χ2v) is 7.01. The molecule has 0 atom stereocenters. The minimum absolute atomic E-state index is 0. The lowest BCUT2D eigenvalue weighted by Crippen LogP contribution is -2.25. The molecule has 0 aliphatic heterocycles. The molecule has 1 fully saturated rings. The average Bonchev–Trinajstić information content (AvgIpc) is 3.41. The van der Waals surface area contributed by atoms with E-state index in [4.69, 9.17) is 15.2 Å². The zero-order chi connectivity index (χ0) is 17.9. The molecule has 3 rings (SSSR count). The quantitative estimate of drug-likeness (QED) is 0.326. The van der Waals surface area contributed by atoms with Crippen molar-refractivity contribution in [2.75, 3.05) is 26.1 Å². The number of nitrogens with zero attached hydrogens (tertiary/aromatic N) is 1. The zero-order valence-corrected chi connectivity index (χ0v) is 18.7. The lowest BCUT2D eigenvalue weighted by Gasteiger charge is -2.16. The van der Waals surface area contributed by atoms with Crippen LogP contribution in [0.2, 0.25) is 0 Å². The van der Waals surface area contributed by atoms with E-state index in [2.05, 4.69) is 44.4 Å². The number of halogens is 2. The second kappa shape index (κ2) is 8.94. The average molecular weight is 532 g/mol. The fourth-order valence-electron chi connectivity index (χ4n) is 2.88. The summed E-state index contributed by atoms with van der Waals surface area (Å²) in [5.41, 5.74) is 8.22. The number of methoxy groups -OCH3 is 2. The first-order valence-electron chi connectivity index (χ1n) is 8.12. The smallest absolute Gasteiger partial charge is 0.193 e. The van der Waals surface area contributed by atoms with E-state index in [1.54, 1.807) is 14.2 Å². The van der Waals surface area contributed by atoms with Gasteiger partial charge in [-0.25, -0.2) is 0 Å². The Morgan fingerprint density at radius 3 is 2.54 bits per heavy atom. The largest absolute Gasteiger partial charge is 0.497 e. The van der Waals surface area contributed by atoms with E-state index >= 15 is 0 Å². The summed E-state index contributed by atoms with van der Waals surface area (Å²) in [4.78, 5) is 4.57. The Hall–Kier alpha value is -1.48. The van der Waals surface area contributed by atoms with Crippen molar-refractivity contribution in [2.24, 2.45) is 10.7 Å². The van der Waals surface area contributed by atoms with E-state index in [1.807, 2.05) is 24.3 Å². The third kappa shape index (κ3) is 4.62. The van der Waals surface area contributed by atoms with Crippen LogP contribution in [-0.4, -0.2) is 26.7 Å². The van der Waals surface area contributed by atoms with Crippen LogP contribution in [0.25, 0.3) is 0 Å². The number of benzene rings is 2. The maximum absolute atomic E-state index is 6.10. The molecule has 0 unspecified atom stereocenters. The fourth-order valence-corrected chi connectivity index (χ4v) is 3.59. The summed E-state index contributed by atoms with van der Waals surface area (Å²) in [5, 5.41) is 3.11. The van der Waals surface area contributed by atoms with Gasteiger partial charge in [-0.15, -0.1) is 24.0 Å². The molecule has 0 radical (unpaired) electrons. The van der Waals surface area contributed by atoms with Crippen LogP contribution in [-0.2, 0) is 5.41 Å². The number of hydrogen-bond donors (Lipinski definition) is 2. The van der Waals surface area contributed by atoms with Crippen molar-refractivity contribution in [3.05, 3.63) is 52.5 Å². The minimum Gasteiger partial charge on any atom is -0.497 e. The van der Waals surface area contributed by atoms with Crippen LogP contribution in [0.4, 0.5) is 5.69 Å². The lowest BCUT2D eigenvalue weighted by molar-refractivity contribution is 0.405. The van der Waals surface area contributed by atoms with Crippen LogP contribution >= 0.6 is 39.9 Å². The van der Waals surface area contributed by atoms with Gasteiger partial charge in [-0.3, -0.25) is 4.99 Å². The molecule has 0 saturated heterocycles. The number of nitrogens with one attached hydrogen (secondary N) is 1. The molecule has 0 aromatic heterocycles. The Morgan fingerprint density at radius 1 is 1.19 bits per heavy atom. The summed E-state index contributed by atoms with van der Waals surface area (Å²) in [7, 11) is 3.24. The maximum Gasteiger partial charge on any atom is 0.193 e. The van der Waals surface area contributed by atoms with Gasteiger partial charge in [-0.2, -0.15) is 0 Å². The minimum atomic E-state index is 0. The van der Waals surface area contributed by atoms with Crippen LogP contribution in [0.3, 0.4) is 0 Å². The molecule has 0 heterocycles. The van der Waals surface area contributed by atoms with Gasteiger partial charge in [0.1, 0.15) is 11.5 Å². The summed E-state index contributed by atoms with van der Waals surface area (Å²) < 4.78 is 11.7. The SMILES string of the molecule is COc1ccc(OC)c(NC(N)=NCC2(c3ccccc3Br)CC2)c1.I. The van der Waals surface area contributed by atoms with Crippen LogP contribution < -0.4 is 20.5 Å². The van der Waals surface area contributed by atoms with Gasteiger partial charge in [-0.1, -0.05) is 34.1 Å². The topological polar surface area (TPSA) is 68.9 Å². The predicted molar refractivity (Wildman–Crippen MR) is 120 cm³/mol. The van der Waals surface area contributed by atoms with Crippen molar-refractivity contribution in [3.8, 4) is 11.5 Å². The van der Waals surface area contributed by atoms with Crippen LogP contribution in [0.15, 0.2) is 51.9 Å². The molecule has 1 saturated carbocycles. The van der Waals surface area contributed by atoms with E-state index in [1.165, 1.54) is 5.56 Å². The van der Waals surface area contributed by atoms with Gasteiger partial charge in [0.05, 0.1) is 26.5 Å². The Bertz CT molecular complexity index is 794. The number of hydrogen-bond acceptors (Lipinski definition) is 3. The number of ether oxygens (including phenoxy) is 2. The fraction of sp³-hybridized carbons (Fsp3) is 0.316. The molecule has 2 aromatic carbocycles. The Balaban J connectivity index is 0.00000243. The number of rotatable bonds is 6. The molecule has 7 heteroatoms. The summed E-state index contributed by atoms with van der Waals surface area (Å²) in [6.07, 6.45) is 2.24. The first kappa shape index (κ1) is 20.8. The van der Waals surface area contributed by atoms with Crippen LogP contribution in [0.5, 0.6) is 11.5 Å². The number of guanidine groups is 1. The van der Waals surface area contributed by atoms with Gasteiger partial charge in [0.15, 0.2) is 5.96 Å². The van der Waals surface area contributed by atoms with Gasteiger partial charge in [-0.05, 0) is 36.6 Å². The van der Waals surface area contributed by atoms with E-state index in [9.17, 15) is 0 Å². The molecule has 26 heavy (non-hydrogen) atoms. The molecular weight excluding hydrogens is 509 g/mol. The van der Waals surface area contributed by atoms with Crippen molar-refractivity contribution in [1.82, 2.24) is 0 Å². The molecule has 0 amide bonds. The molecule has 1 aliphatic carbocycles. The highest BCUT2D eigenvalue weighted by Gasteiger charge is 2.45. The molecule has 1 aliphatic rings. The molecule has 0 bridgehead atoms. The molecule has 5 nitrogen and oxygen atoms in total. The van der Waals surface area contributed by atoms with Gasteiger partial charge in [0, 0.05) is 16.0 Å². The maximum atomic E-state index is 6.10. The highest BCUT2D eigenvalue weighted by atomic mass is 127. The molecule has 140 valence electrons. The number of nitrogens with two attached hydrogens (primary N) is 1. The van der Waals surface area contributed by atoms with Crippen LogP contribution in [0.1, 0.15) is 18.4 Å². The summed E-state index contributed by atoms with van der Waals surface area (Å²) in [6.45, 7) is 0.654. The third-order valence-electron chi connectivity index (χ3n) is 4.52. The van der Waals surface area contributed by atoms with Gasteiger partial charge in [0.25, 0.3) is 0 Å². The Morgan fingerprint density at radius 2 is 1.92 bits per heavy atom. The van der Waals surface area contributed by atoms with Crippen molar-refractivity contribution < 1.29 is 9.47 Å². The summed E-state index contributed by atoms with van der Waals surface area (Å²) in [5.74, 6) is 1.78. The van der Waals surface area contributed by atoms with Gasteiger partial charge >= 0.3 is 0 Å². The highest BCUT2D eigenvalue weighted by Crippen LogP contribution is 2.50. The number of aliphatic imine (C=N–C) groups is 1. The van der Waals surface area contributed by atoms with Gasteiger partial charge < -0.3 is 20.5 Å². The predicted octanol–water partition coefficient (Wildman–Crippen LogP) is 4.54. The first-order chi connectivity index (χ1) is 12.1. The summed E-state index contributed by atoms with van der Waals surface area (Å²) >= 11 is 3.64. The van der Waals surface area contributed by atoms with Crippen molar-refractivity contribution in [1.29, 1.82) is 0 Å². The normalized spacial score (nSPS) is 15.0. The molecule has 3 N–H and O–H groups in total. The second-order valence-electron chi connectivity index (χ2n) is 6.15. The molecule has 2 aromatic rings. The monoisotopic (exact) mass is 531 g/mol. The first-order valence-corrected chi connectivity index (χ1v) is 8.91. The summed E-state index contributed by atoms with van der Waals surface area (Å²) in [6, 6.07) is 13.8. The number of anilines is 1. The standard InChI is InChI=1S/C19H22BrN3O2.HI/c1-24-13-7-8-17(25-2)16(11-13)23-18(21)22-12-19(9-10-19)14-5-3-4-6-15(14)20;/h3-8,11H,9-10,12H2,1-2H3,(H3,21,22,23);1H. The van der Waals surface area contributed by atoms with E-state index in [0.29, 0.717) is 18.3 Å². The Kier molecular flexibility index (Phi) is 7.16. The Labute approximate surface area is 179 Å². The molecular formula is C19H23BrIN3O2.